The number of hydrogen-bond donors (Lipinski definition) is 2. The molecule has 1 aliphatic heterocycles. The van der Waals surface area contributed by atoms with Gasteiger partial charge in [0.15, 0.2) is 0 Å². The summed E-state index contributed by atoms with van der Waals surface area (Å²) in [4.78, 5) is 10.5. The van der Waals surface area contributed by atoms with E-state index in [2.05, 4.69) is 10.1 Å². The van der Waals surface area contributed by atoms with Crippen LogP contribution in [0.4, 0.5) is 4.79 Å². The Balaban J connectivity index is 2.60. The molecule has 1 unspecified atom stereocenters. The van der Waals surface area contributed by atoms with Crippen LogP contribution in [0.2, 0.25) is 0 Å². The van der Waals surface area contributed by atoms with E-state index in [1.807, 2.05) is 13.8 Å². The molecule has 0 aromatic carbocycles. The Morgan fingerprint density at radius 2 is 2.40 bits per heavy atom. The highest BCUT2D eigenvalue weighted by Crippen LogP contribution is 2.22. The number of carbonyl (C=O) groups excluding carboxylic acids is 1. The number of aliphatic hydroxyl groups is 1. The van der Waals surface area contributed by atoms with Crippen LogP contribution >= 0.6 is 0 Å². The molecule has 1 amide bonds. The number of nitrogens with one attached hydrogen (secondary N) is 1. The number of alkyl carbamates (subject to hydrolysis) is 1. The number of ether oxygens (including phenoxy) is 1. The average Bonchev–Trinajstić information content (AvgIpc) is 1.81. The molecule has 0 saturated carbocycles. The second kappa shape index (κ2) is 2.12. The predicted octanol–water partition coefficient (Wildman–Crippen LogP) is 0.0708. The van der Waals surface area contributed by atoms with E-state index in [1.54, 1.807) is 0 Å². The van der Waals surface area contributed by atoms with Crippen molar-refractivity contribution in [1.82, 2.24) is 5.32 Å². The zero-order valence-electron chi connectivity index (χ0n) is 6.05. The Morgan fingerprint density at radius 1 is 1.80 bits per heavy atom. The molecule has 1 heterocycles. The van der Waals surface area contributed by atoms with Gasteiger partial charge in [-0.1, -0.05) is 13.8 Å². The molecule has 10 heavy (non-hydrogen) atoms. The first kappa shape index (κ1) is 7.34. The highest BCUT2D eigenvalue weighted by atomic mass is 16.6. The molecule has 1 saturated heterocycles. The first-order valence-electron chi connectivity index (χ1n) is 3.14. The molecule has 4 heteroatoms. The van der Waals surface area contributed by atoms with Crippen molar-refractivity contribution in [2.24, 2.45) is 5.41 Å². The SMILES string of the molecule is CC1(C)COC(=O)NC1O. The van der Waals surface area contributed by atoms with E-state index in [0.717, 1.165) is 0 Å². The number of carbonyl (C=O) groups is 1. The van der Waals surface area contributed by atoms with E-state index in [-0.39, 0.29) is 12.0 Å². The maximum absolute atomic E-state index is 10.5. The summed E-state index contributed by atoms with van der Waals surface area (Å²) < 4.78 is 4.65. The van der Waals surface area contributed by atoms with Gasteiger partial charge in [0.2, 0.25) is 0 Å². The minimum Gasteiger partial charge on any atom is -0.449 e. The Morgan fingerprint density at radius 3 is 2.80 bits per heavy atom. The van der Waals surface area contributed by atoms with Crippen LogP contribution in [0.5, 0.6) is 0 Å². The van der Waals surface area contributed by atoms with Crippen molar-refractivity contribution in [1.29, 1.82) is 0 Å². The van der Waals surface area contributed by atoms with Crippen molar-refractivity contribution in [3.05, 3.63) is 0 Å². The second-order valence-electron chi connectivity index (χ2n) is 3.11. The van der Waals surface area contributed by atoms with Crippen LogP contribution in [0.3, 0.4) is 0 Å². The lowest BCUT2D eigenvalue weighted by Gasteiger charge is -2.34. The van der Waals surface area contributed by atoms with E-state index in [1.165, 1.54) is 0 Å². The fourth-order valence-corrected chi connectivity index (χ4v) is 0.679. The van der Waals surface area contributed by atoms with Crippen molar-refractivity contribution in [3.63, 3.8) is 0 Å². The van der Waals surface area contributed by atoms with Crippen LogP contribution in [0.15, 0.2) is 0 Å². The molecule has 0 bridgehead atoms. The van der Waals surface area contributed by atoms with Crippen LogP contribution in [-0.2, 0) is 4.74 Å². The third kappa shape index (κ3) is 1.21. The quantitative estimate of drug-likeness (QED) is 0.507. The second-order valence-corrected chi connectivity index (χ2v) is 3.11. The maximum Gasteiger partial charge on any atom is 0.409 e. The Bertz CT molecular complexity index is 155. The number of amides is 1. The number of rotatable bonds is 0. The Labute approximate surface area is 59.2 Å². The van der Waals surface area contributed by atoms with E-state index in [0.29, 0.717) is 0 Å². The number of hydrogen-bond acceptors (Lipinski definition) is 3. The highest BCUT2D eigenvalue weighted by Gasteiger charge is 2.35. The third-order valence-electron chi connectivity index (χ3n) is 1.57. The molecule has 1 atom stereocenters. The molecule has 1 aliphatic rings. The molecule has 0 aromatic heterocycles. The highest BCUT2D eigenvalue weighted by molar-refractivity contribution is 5.68. The largest absolute Gasteiger partial charge is 0.449 e. The lowest BCUT2D eigenvalue weighted by Crippen LogP contribution is -2.52. The smallest absolute Gasteiger partial charge is 0.409 e. The standard InChI is InChI=1S/C6H11NO3/c1-6(2)3-10-5(9)7-4(6)8/h4,8H,3H2,1-2H3,(H,7,9). The molecule has 1 rings (SSSR count). The van der Waals surface area contributed by atoms with Gasteiger partial charge >= 0.3 is 6.09 Å². The summed E-state index contributed by atoms with van der Waals surface area (Å²) in [7, 11) is 0. The zero-order chi connectivity index (χ0) is 7.78. The topological polar surface area (TPSA) is 58.6 Å². The first-order chi connectivity index (χ1) is 4.52. The van der Waals surface area contributed by atoms with Gasteiger partial charge < -0.3 is 9.84 Å². The predicted molar refractivity (Wildman–Crippen MR) is 34.3 cm³/mol. The molecular formula is C6H11NO3. The van der Waals surface area contributed by atoms with Gasteiger partial charge in [-0.3, -0.25) is 5.32 Å². The van der Waals surface area contributed by atoms with Crippen LogP contribution in [-0.4, -0.2) is 24.0 Å². The van der Waals surface area contributed by atoms with E-state index < -0.39 is 12.3 Å². The Hall–Kier alpha value is -0.770. The van der Waals surface area contributed by atoms with Gasteiger partial charge in [0.25, 0.3) is 0 Å². The fraction of sp³-hybridized carbons (Fsp3) is 0.833. The molecule has 0 aromatic rings. The molecule has 4 nitrogen and oxygen atoms in total. The van der Waals surface area contributed by atoms with Crippen LogP contribution < -0.4 is 5.32 Å². The molecule has 1 fully saturated rings. The summed E-state index contributed by atoms with van der Waals surface area (Å²) in [5, 5.41) is 11.5. The molecule has 0 spiro atoms. The number of cyclic esters (lactones) is 1. The zero-order valence-corrected chi connectivity index (χ0v) is 6.05. The lowest BCUT2D eigenvalue weighted by molar-refractivity contribution is -0.0506. The van der Waals surface area contributed by atoms with Gasteiger partial charge in [0.1, 0.15) is 12.8 Å². The normalized spacial score (nSPS) is 30.7. The summed E-state index contributed by atoms with van der Waals surface area (Å²) in [6.07, 6.45) is -1.35. The lowest BCUT2D eigenvalue weighted by atomic mass is 9.92. The van der Waals surface area contributed by atoms with Crippen LogP contribution in [0.25, 0.3) is 0 Å². The maximum atomic E-state index is 10.5. The first-order valence-corrected chi connectivity index (χ1v) is 3.14. The Kier molecular flexibility index (Phi) is 1.56. The van der Waals surface area contributed by atoms with Gasteiger partial charge in [-0.25, -0.2) is 4.79 Å². The molecule has 2 N–H and O–H groups in total. The van der Waals surface area contributed by atoms with Gasteiger partial charge in [0.05, 0.1) is 0 Å². The molecule has 0 aliphatic carbocycles. The summed E-state index contributed by atoms with van der Waals surface area (Å²) in [6.45, 7) is 3.90. The summed E-state index contributed by atoms with van der Waals surface area (Å²) >= 11 is 0. The summed E-state index contributed by atoms with van der Waals surface area (Å²) in [5.74, 6) is 0. The number of aliphatic hydroxyl groups excluding tert-OH is 1. The third-order valence-corrected chi connectivity index (χ3v) is 1.57. The van der Waals surface area contributed by atoms with Crippen LogP contribution in [0.1, 0.15) is 13.8 Å². The van der Waals surface area contributed by atoms with Crippen molar-refractivity contribution in [2.75, 3.05) is 6.61 Å². The summed E-state index contributed by atoms with van der Waals surface area (Å²) in [6, 6.07) is 0. The van der Waals surface area contributed by atoms with E-state index in [4.69, 9.17) is 0 Å². The average molecular weight is 145 g/mol. The van der Waals surface area contributed by atoms with Crippen molar-refractivity contribution in [3.8, 4) is 0 Å². The summed E-state index contributed by atoms with van der Waals surface area (Å²) in [5.41, 5.74) is -0.381. The van der Waals surface area contributed by atoms with Crippen molar-refractivity contribution in [2.45, 2.75) is 20.1 Å². The van der Waals surface area contributed by atoms with Gasteiger partial charge in [-0.2, -0.15) is 0 Å². The van der Waals surface area contributed by atoms with E-state index in [9.17, 15) is 9.90 Å². The van der Waals surface area contributed by atoms with E-state index >= 15 is 0 Å². The fourth-order valence-electron chi connectivity index (χ4n) is 0.679. The van der Waals surface area contributed by atoms with Crippen molar-refractivity contribution < 1.29 is 14.6 Å². The van der Waals surface area contributed by atoms with Gasteiger partial charge in [-0.05, 0) is 0 Å². The van der Waals surface area contributed by atoms with Crippen molar-refractivity contribution >= 4 is 6.09 Å². The van der Waals surface area contributed by atoms with Gasteiger partial charge in [0, 0.05) is 5.41 Å². The molecule has 58 valence electrons. The molecular weight excluding hydrogens is 134 g/mol. The minimum absolute atomic E-state index is 0.264. The monoisotopic (exact) mass is 145 g/mol. The van der Waals surface area contributed by atoms with Crippen LogP contribution in [0, 0.1) is 5.41 Å². The molecule has 0 radical (unpaired) electrons. The van der Waals surface area contributed by atoms with Gasteiger partial charge in [-0.15, -0.1) is 0 Å². The minimum atomic E-state index is -0.797.